The number of anilines is 1. The lowest BCUT2D eigenvalue weighted by atomic mass is 10.1. The van der Waals surface area contributed by atoms with Gasteiger partial charge in [-0.3, -0.25) is 14.9 Å². The van der Waals surface area contributed by atoms with E-state index in [4.69, 9.17) is 11.6 Å². The van der Waals surface area contributed by atoms with Crippen molar-refractivity contribution in [2.24, 2.45) is 0 Å². The fourth-order valence-corrected chi connectivity index (χ4v) is 2.11. The van der Waals surface area contributed by atoms with Gasteiger partial charge in [0.15, 0.2) is 0 Å². The molecule has 0 radical (unpaired) electrons. The normalized spacial score (nSPS) is 10.1. The molecule has 0 heterocycles. The number of hydrogen-bond donors (Lipinski definition) is 1. The number of nitro benzene ring substituents is 1. The Hall–Kier alpha value is -2.40. The zero-order valence-electron chi connectivity index (χ0n) is 11.1. The van der Waals surface area contributed by atoms with Crippen molar-refractivity contribution in [3.63, 3.8) is 0 Å². The molecule has 2 rings (SSSR count). The van der Waals surface area contributed by atoms with Crippen molar-refractivity contribution < 1.29 is 9.72 Å². The summed E-state index contributed by atoms with van der Waals surface area (Å²) in [5.41, 5.74) is 1.03. The molecule has 1 N–H and O–H groups in total. The maximum Gasteiger partial charge on any atom is 0.292 e. The molecule has 0 atom stereocenters. The zero-order valence-corrected chi connectivity index (χ0v) is 11.8. The number of nitrogens with one attached hydrogen (secondary N) is 1. The molecule has 1 amide bonds. The summed E-state index contributed by atoms with van der Waals surface area (Å²) in [5.74, 6) is -0.274. The van der Waals surface area contributed by atoms with E-state index in [1.807, 2.05) is 12.1 Å². The highest BCUT2D eigenvalue weighted by Crippen LogP contribution is 2.23. The second-order valence-electron chi connectivity index (χ2n) is 4.45. The third-order valence-electron chi connectivity index (χ3n) is 2.90. The highest BCUT2D eigenvalue weighted by molar-refractivity contribution is 6.30. The molecule has 0 aromatic heterocycles. The van der Waals surface area contributed by atoms with Crippen molar-refractivity contribution >= 4 is 28.9 Å². The van der Waals surface area contributed by atoms with Gasteiger partial charge in [0.2, 0.25) is 5.91 Å². The molecule has 0 spiro atoms. The van der Waals surface area contributed by atoms with Crippen LogP contribution in [0.2, 0.25) is 5.02 Å². The molecule has 5 nitrogen and oxygen atoms in total. The van der Waals surface area contributed by atoms with Gasteiger partial charge in [-0.2, -0.15) is 0 Å². The van der Waals surface area contributed by atoms with Gasteiger partial charge in [-0.25, -0.2) is 0 Å². The number of rotatable bonds is 5. The zero-order chi connectivity index (χ0) is 15.2. The van der Waals surface area contributed by atoms with Gasteiger partial charge in [-0.05, 0) is 30.2 Å². The topological polar surface area (TPSA) is 72.2 Å². The Morgan fingerprint density at radius 2 is 1.95 bits per heavy atom. The van der Waals surface area contributed by atoms with E-state index in [9.17, 15) is 14.9 Å². The number of carbonyl (C=O) groups excluding carboxylic acids is 1. The predicted molar refractivity (Wildman–Crippen MR) is 81.5 cm³/mol. The van der Waals surface area contributed by atoms with Crippen molar-refractivity contribution in [3.05, 3.63) is 69.2 Å². The summed E-state index contributed by atoms with van der Waals surface area (Å²) in [6.07, 6.45) is 0.749. The van der Waals surface area contributed by atoms with Crippen LogP contribution in [0.5, 0.6) is 0 Å². The Bertz CT molecular complexity index is 673. The molecule has 21 heavy (non-hydrogen) atoms. The fraction of sp³-hybridized carbons (Fsp3) is 0.133. The number of aryl methyl sites for hydroxylation is 1. The molecule has 0 aliphatic rings. The number of amides is 1. The van der Waals surface area contributed by atoms with Gasteiger partial charge in [0, 0.05) is 17.5 Å². The van der Waals surface area contributed by atoms with Crippen LogP contribution in [0.15, 0.2) is 48.5 Å². The van der Waals surface area contributed by atoms with Crippen LogP contribution in [-0.4, -0.2) is 10.8 Å². The minimum atomic E-state index is -0.521. The minimum Gasteiger partial charge on any atom is -0.320 e. The van der Waals surface area contributed by atoms with Crippen LogP contribution >= 0.6 is 11.6 Å². The molecule has 6 heteroatoms. The maximum atomic E-state index is 11.9. The smallest absolute Gasteiger partial charge is 0.292 e. The number of hydrogen-bond acceptors (Lipinski definition) is 3. The molecule has 0 saturated carbocycles. The molecule has 0 unspecified atom stereocenters. The maximum absolute atomic E-state index is 11.9. The Morgan fingerprint density at radius 3 is 2.67 bits per heavy atom. The molecule has 0 saturated heterocycles. The molecule has 0 aliphatic carbocycles. The van der Waals surface area contributed by atoms with Gasteiger partial charge in [0.1, 0.15) is 5.69 Å². The van der Waals surface area contributed by atoms with Crippen molar-refractivity contribution in [3.8, 4) is 0 Å². The van der Waals surface area contributed by atoms with Crippen LogP contribution < -0.4 is 5.32 Å². The quantitative estimate of drug-likeness (QED) is 0.674. The highest BCUT2D eigenvalue weighted by atomic mass is 35.5. The predicted octanol–water partition coefficient (Wildman–Crippen LogP) is 3.82. The first-order valence-corrected chi connectivity index (χ1v) is 6.72. The third kappa shape index (κ3) is 4.29. The first-order chi connectivity index (χ1) is 10.1. The molecule has 0 fully saturated rings. The summed E-state index contributed by atoms with van der Waals surface area (Å²) in [4.78, 5) is 22.2. The summed E-state index contributed by atoms with van der Waals surface area (Å²) < 4.78 is 0. The fourth-order valence-electron chi connectivity index (χ4n) is 1.90. The molecule has 2 aromatic carbocycles. The lowest BCUT2D eigenvalue weighted by molar-refractivity contribution is -0.383. The number of carbonyl (C=O) groups is 1. The third-order valence-corrected chi connectivity index (χ3v) is 3.14. The first-order valence-electron chi connectivity index (χ1n) is 6.34. The minimum absolute atomic E-state index is 0.117. The Balaban J connectivity index is 1.98. The van der Waals surface area contributed by atoms with Crippen molar-refractivity contribution in [2.75, 3.05) is 5.32 Å². The molecule has 108 valence electrons. The summed E-state index contributed by atoms with van der Waals surface area (Å²) in [7, 11) is 0. The Morgan fingerprint density at radius 1 is 1.19 bits per heavy atom. The second kappa shape index (κ2) is 6.85. The van der Waals surface area contributed by atoms with Crippen LogP contribution in [0.25, 0.3) is 0 Å². The van der Waals surface area contributed by atoms with Crippen LogP contribution in [0.4, 0.5) is 11.4 Å². The lowest BCUT2D eigenvalue weighted by Gasteiger charge is -2.06. The van der Waals surface area contributed by atoms with Gasteiger partial charge in [-0.15, -0.1) is 0 Å². The monoisotopic (exact) mass is 304 g/mol. The number of nitrogens with zero attached hydrogens (tertiary/aromatic N) is 1. The average molecular weight is 305 g/mol. The average Bonchev–Trinajstić information content (AvgIpc) is 2.45. The SMILES string of the molecule is O=C(CCc1cccc(Cl)c1)Nc1ccccc1[N+](=O)[O-]. The first kappa shape index (κ1) is 15.0. The summed E-state index contributed by atoms with van der Waals surface area (Å²) in [5, 5.41) is 14.0. The van der Waals surface area contributed by atoms with E-state index in [0.29, 0.717) is 11.4 Å². The summed E-state index contributed by atoms with van der Waals surface area (Å²) in [6, 6.07) is 13.3. The molecule has 2 aromatic rings. The number of halogens is 1. The second-order valence-corrected chi connectivity index (χ2v) is 4.89. The molecule has 0 aliphatic heterocycles. The summed E-state index contributed by atoms with van der Waals surface area (Å²) >= 11 is 5.87. The van der Waals surface area contributed by atoms with E-state index >= 15 is 0 Å². The molecular formula is C15H13ClN2O3. The van der Waals surface area contributed by atoms with Gasteiger partial charge < -0.3 is 5.32 Å². The summed E-state index contributed by atoms with van der Waals surface area (Å²) in [6.45, 7) is 0. The van der Waals surface area contributed by atoms with E-state index in [0.717, 1.165) is 5.56 Å². The number of para-hydroxylation sites is 2. The Kier molecular flexibility index (Phi) is 4.90. The van der Waals surface area contributed by atoms with Crippen LogP contribution in [0, 0.1) is 10.1 Å². The van der Waals surface area contributed by atoms with Gasteiger partial charge in [0.25, 0.3) is 5.69 Å². The number of nitro groups is 1. The van der Waals surface area contributed by atoms with E-state index in [2.05, 4.69) is 5.32 Å². The standard InChI is InChI=1S/C15H13ClN2O3/c16-12-5-3-4-11(10-12)8-9-15(19)17-13-6-1-2-7-14(13)18(20)21/h1-7,10H,8-9H2,(H,17,19). The van der Waals surface area contributed by atoms with Crippen LogP contribution in [0.3, 0.4) is 0 Å². The van der Waals surface area contributed by atoms with E-state index in [1.165, 1.54) is 12.1 Å². The number of benzene rings is 2. The van der Waals surface area contributed by atoms with Gasteiger partial charge >= 0.3 is 0 Å². The Labute approximate surface area is 126 Å². The van der Waals surface area contributed by atoms with Crippen LogP contribution in [-0.2, 0) is 11.2 Å². The van der Waals surface area contributed by atoms with Crippen LogP contribution in [0.1, 0.15) is 12.0 Å². The van der Waals surface area contributed by atoms with E-state index < -0.39 is 4.92 Å². The lowest BCUT2D eigenvalue weighted by Crippen LogP contribution is -2.13. The van der Waals surface area contributed by atoms with Gasteiger partial charge in [-0.1, -0.05) is 35.9 Å². The highest BCUT2D eigenvalue weighted by Gasteiger charge is 2.14. The van der Waals surface area contributed by atoms with Crippen molar-refractivity contribution in [2.45, 2.75) is 12.8 Å². The molecular weight excluding hydrogens is 292 g/mol. The largest absolute Gasteiger partial charge is 0.320 e. The van der Waals surface area contributed by atoms with Crippen molar-refractivity contribution in [1.82, 2.24) is 0 Å². The molecule has 0 bridgehead atoms. The van der Waals surface area contributed by atoms with E-state index in [-0.39, 0.29) is 23.7 Å². The van der Waals surface area contributed by atoms with E-state index in [1.54, 1.807) is 24.3 Å². The van der Waals surface area contributed by atoms with Crippen molar-refractivity contribution in [1.29, 1.82) is 0 Å². The van der Waals surface area contributed by atoms with Gasteiger partial charge in [0.05, 0.1) is 4.92 Å².